The Kier molecular flexibility index (Phi) is 2.03. The number of rotatable bonds is 0. The van der Waals surface area contributed by atoms with Crippen molar-refractivity contribution in [2.75, 3.05) is 0 Å². The Morgan fingerprint density at radius 2 is 1.39 bits per heavy atom. The van der Waals surface area contributed by atoms with E-state index in [0.717, 1.165) is 0 Å². The number of halogens is 1. The highest BCUT2D eigenvalue weighted by atomic mass is 79.9. The minimum Gasteiger partial charge on any atom is -0.276 e. The molecular formula is C16H10BrN. The van der Waals surface area contributed by atoms with Crippen LogP contribution in [0.15, 0.2) is 60.7 Å². The van der Waals surface area contributed by atoms with E-state index in [0.29, 0.717) is 0 Å². The molecule has 1 heterocycles. The molecule has 0 aliphatic carbocycles. The second-order valence-electron chi connectivity index (χ2n) is 4.48. The summed E-state index contributed by atoms with van der Waals surface area (Å²) in [6.07, 6.45) is 0. The molecule has 1 nitrogen and oxygen atoms in total. The topological polar surface area (TPSA) is 4.93 Å². The summed E-state index contributed by atoms with van der Waals surface area (Å²) in [5, 5.41) is 5.21. The van der Waals surface area contributed by atoms with Gasteiger partial charge in [-0.25, -0.2) is 0 Å². The molecule has 3 aromatic carbocycles. The van der Waals surface area contributed by atoms with Crippen LogP contribution in [0.4, 0.5) is 0 Å². The Morgan fingerprint density at radius 1 is 0.667 bits per heavy atom. The highest BCUT2D eigenvalue weighted by molar-refractivity contribution is 9.08. The second-order valence-corrected chi connectivity index (χ2v) is 5.19. The smallest absolute Gasteiger partial charge is 0.0611 e. The van der Waals surface area contributed by atoms with Crippen LogP contribution in [0, 0.1) is 0 Å². The Morgan fingerprint density at radius 3 is 2.28 bits per heavy atom. The summed E-state index contributed by atoms with van der Waals surface area (Å²) < 4.78 is 2.09. The number of hydrogen-bond donors (Lipinski definition) is 0. The van der Waals surface area contributed by atoms with Gasteiger partial charge in [0.1, 0.15) is 0 Å². The second kappa shape index (κ2) is 3.59. The van der Waals surface area contributed by atoms with Crippen molar-refractivity contribution in [3.8, 4) is 0 Å². The van der Waals surface area contributed by atoms with Crippen LogP contribution >= 0.6 is 16.1 Å². The summed E-state index contributed by atoms with van der Waals surface area (Å²) in [7, 11) is 0. The molecule has 0 saturated carbocycles. The van der Waals surface area contributed by atoms with Crippen LogP contribution in [0.5, 0.6) is 0 Å². The summed E-state index contributed by atoms with van der Waals surface area (Å²) in [4.78, 5) is 0. The molecule has 4 aromatic rings. The standard InChI is InChI=1S/C16H10BrN/c17-18-14-8-4-3-7-13(14)16-12-6-2-1-5-11(12)9-10-15(16)18/h1-10H. The lowest BCUT2D eigenvalue weighted by atomic mass is 10.0. The summed E-state index contributed by atoms with van der Waals surface area (Å²) in [6.45, 7) is 0. The summed E-state index contributed by atoms with van der Waals surface area (Å²) in [5.74, 6) is 0. The van der Waals surface area contributed by atoms with Gasteiger partial charge in [0.25, 0.3) is 0 Å². The zero-order chi connectivity index (χ0) is 12.1. The fraction of sp³-hybridized carbons (Fsp3) is 0. The van der Waals surface area contributed by atoms with Gasteiger partial charge >= 0.3 is 0 Å². The number of nitrogens with zero attached hydrogens (tertiary/aromatic N) is 1. The van der Waals surface area contributed by atoms with Gasteiger partial charge < -0.3 is 0 Å². The van der Waals surface area contributed by atoms with Crippen LogP contribution in [-0.2, 0) is 0 Å². The van der Waals surface area contributed by atoms with Gasteiger partial charge in [-0.05, 0) is 22.9 Å². The normalized spacial score (nSPS) is 11.6. The van der Waals surface area contributed by atoms with E-state index in [-0.39, 0.29) is 0 Å². The van der Waals surface area contributed by atoms with E-state index >= 15 is 0 Å². The fourth-order valence-electron chi connectivity index (χ4n) is 2.69. The van der Waals surface area contributed by atoms with Gasteiger partial charge in [0.05, 0.1) is 27.2 Å². The number of para-hydroxylation sites is 1. The quantitative estimate of drug-likeness (QED) is 0.425. The molecule has 18 heavy (non-hydrogen) atoms. The van der Waals surface area contributed by atoms with Crippen molar-refractivity contribution in [3.05, 3.63) is 60.7 Å². The average Bonchev–Trinajstić information content (AvgIpc) is 2.73. The Balaban J connectivity index is 2.41. The van der Waals surface area contributed by atoms with Crippen molar-refractivity contribution < 1.29 is 0 Å². The number of fused-ring (bicyclic) bond motifs is 5. The molecule has 0 radical (unpaired) electrons. The summed E-state index contributed by atoms with van der Waals surface area (Å²) in [5.41, 5.74) is 2.43. The van der Waals surface area contributed by atoms with Crippen molar-refractivity contribution >= 4 is 48.7 Å². The monoisotopic (exact) mass is 295 g/mol. The van der Waals surface area contributed by atoms with Crippen molar-refractivity contribution in [1.29, 1.82) is 0 Å². The first kappa shape index (κ1) is 10.2. The highest BCUT2D eigenvalue weighted by Gasteiger charge is 2.10. The molecule has 0 spiro atoms. The van der Waals surface area contributed by atoms with Crippen molar-refractivity contribution in [3.63, 3.8) is 0 Å². The van der Waals surface area contributed by atoms with Crippen LogP contribution in [0.2, 0.25) is 0 Å². The predicted octanol–water partition coefficient (Wildman–Crippen LogP) is 5.11. The van der Waals surface area contributed by atoms with E-state index in [1.54, 1.807) is 0 Å². The number of hydrogen-bond acceptors (Lipinski definition) is 0. The predicted molar refractivity (Wildman–Crippen MR) is 81.3 cm³/mol. The van der Waals surface area contributed by atoms with Crippen molar-refractivity contribution in [1.82, 2.24) is 3.59 Å². The van der Waals surface area contributed by atoms with E-state index in [9.17, 15) is 0 Å². The minimum absolute atomic E-state index is 1.21. The molecule has 0 aliphatic rings. The molecule has 2 heteroatoms. The SMILES string of the molecule is Brn1c2ccccc2c2c3ccccc3ccc21. The third kappa shape index (κ3) is 1.21. The van der Waals surface area contributed by atoms with Crippen LogP contribution < -0.4 is 0 Å². The van der Waals surface area contributed by atoms with Crippen LogP contribution in [-0.4, -0.2) is 3.59 Å². The van der Waals surface area contributed by atoms with Gasteiger partial charge in [0, 0.05) is 10.8 Å². The maximum Gasteiger partial charge on any atom is 0.0611 e. The van der Waals surface area contributed by atoms with Crippen LogP contribution in [0.25, 0.3) is 32.6 Å². The van der Waals surface area contributed by atoms with Gasteiger partial charge in [0.15, 0.2) is 0 Å². The summed E-state index contributed by atoms with van der Waals surface area (Å²) >= 11 is 3.65. The Labute approximate surface area is 113 Å². The van der Waals surface area contributed by atoms with Gasteiger partial charge in [-0.1, -0.05) is 48.5 Å². The minimum atomic E-state index is 1.21. The number of aromatic nitrogens is 1. The molecule has 0 bridgehead atoms. The molecule has 0 N–H and O–H groups in total. The molecule has 0 amide bonds. The first-order valence-corrected chi connectivity index (χ1v) is 6.64. The highest BCUT2D eigenvalue weighted by Crippen LogP contribution is 2.35. The van der Waals surface area contributed by atoms with Crippen LogP contribution in [0.3, 0.4) is 0 Å². The third-order valence-electron chi connectivity index (χ3n) is 3.50. The van der Waals surface area contributed by atoms with E-state index in [1.165, 1.54) is 32.6 Å². The van der Waals surface area contributed by atoms with Gasteiger partial charge in [-0.15, -0.1) is 0 Å². The average molecular weight is 296 g/mol. The van der Waals surface area contributed by atoms with E-state index in [4.69, 9.17) is 0 Å². The van der Waals surface area contributed by atoms with Gasteiger partial charge in [0.2, 0.25) is 0 Å². The largest absolute Gasteiger partial charge is 0.276 e. The first-order valence-electron chi connectivity index (χ1n) is 5.93. The lowest BCUT2D eigenvalue weighted by Crippen LogP contribution is -1.78. The van der Waals surface area contributed by atoms with Crippen molar-refractivity contribution in [2.24, 2.45) is 0 Å². The number of benzene rings is 3. The van der Waals surface area contributed by atoms with E-state index in [1.807, 2.05) is 0 Å². The third-order valence-corrected chi connectivity index (χ3v) is 4.27. The van der Waals surface area contributed by atoms with E-state index < -0.39 is 0 Å². The molecule has 0 saturated heterocycles. The Bertz CT molecular complexity index is 889. The molecule has 0 fully saturated rings. The molecule has 4 rings (SSSR count). The Hall–Kier alpha value is -1.80. The summed E-state index contributed by atoms with van der Waals surface area (Å²) in [6, 6.07) is 21.4. The molecular weight excluding hydrogens is 286 g/mol. The zero-order valence-corrected chi connectivity index (χ0v) is 11.2. The maximum atomic E-state index is 3.65. The van der Waals surface area contributed by atoms with Crippen molar-refractivity contribution in [2.45, 2.75) is 0 Å². The molecule has 0 aliphatic heterocycles. The lowest BCUT2D eigenvalue weighted by Gasteiger charge is -2.00. The van der Waals surface area contributed by atoms with Gasteiger partial charge in [-0.3, -0.25) is 3.59 Å². The van der Waals surface area contributed by atoms with Crippen LogP contribution in [0.1, 0.15) is 0 Å². The fourth-order valence-corrected chi connectivity index (χ4v) is 3.30. The molecule has 1 aromatic heterocycles. The van der Waals surface area contributed by atoms with E-state index in [2.05, 4.69) is 80.4 Å². The lowest BCUT2D eigenvalue weighted by molar-refractivity contribution is 1.46. The molecule has 86 valence electrons. The molecule has 0 atom stereocenters. The maximum absolute atomic E-state index is 3.65. The first-order chi connectivity index (χ1) is 8.86. The van der Waals surface area contributed by atoms with Gasteiger partial charge in [-0.2, -0.15) is 0 Å². The molecule has 0 unspecified atom stereocenters. The zero-order valence-electron chi connectivity index (χ0n) is 9.60.